The molecule has 108 valence electrons. The Hall–Kier alpha value is -2.38. The second-order valence-corrected chi connectivity index (χ2v) is 5.96. The van der Waals surface area contributed by atoms with Crippen LogP contribution in [0.3, 0.4) is 0 Å². The molecule has 4 rings (SSSR count). The summed E-state index contributed by atoms with van der Waals surface area (Å²) in [4.78, 5) is 0. The maximum Gasteiger partial charge on any atom is 0.0690 e. The van der Waals surface area contributed by atoms with E-state index in [-0.39, 0.29) is 12.5 Å². The van der Waals surface area contributed by atoms with E-state index in [0.29, 0.717) is 0 Å². The van der Waals surface area contributed by atoms with Crippen LogP contribution >= 0.6 is 0 Å². The molecule has 0 heterocycles. The third-order valence-corrected chi connectivity index (χ3v) is 4.69. The van der Waals surface area contributed by atoms with Gasteiger partial charge in [0, 0.05) is 5.92 Å². The summed E-state index contributed by atoms with van der Waals surface area (Å²) in [5.41, 5.74) is 6.24. The summed E-state index contributed by atoms with van der Waals surface area (Å²) in [6.45, 7) is 2.25. The van der Waals surface area contributed by atoms with Crippen molar-refractivity contribution < 1.29 is 5.11 Å². The average Bonchev–Trinajstić information content (AvgIpc) is 2.89. The first kappa shape index (κ1) is 13.3. The summed E-state index contributed by atoms with van der Waals surface area (Å²) >= 11 is 0. The number of aliphatic hydroxyl groups is 1. The Morgan fingerprint density at radius 2 is 1.64 bits per heavy atom. The van der Waals surface area contributed by atoms with Crippen LogP contribution in [0.5, 0.6) is 0 Å². The highest BCUT2D eigenvalue weighted by Gasteiger charge is 2.26. The van der Waals surface area contributed by atoms with Gasteiger partial charge in [0.1, 0.15) is 0 Å². The van der Waals surface area contributed by atoms with E-state index >= 15 is 0 Å². The van der Waals surface area contributed by atoms with Gasteiger partial charge in [0.25, 0.3) is 0 Å². The number of allylic oxidation sites excluding steroid dienone is 1. The Morgan fingerprint density at radius 1 is 0.864 bits per heavy atom. The van der Waals surface area contributed by atoms with Crippen LogP contribution in [0.1, 0.15) is 35.1 Å². The third-order valence-electron chi connectivity index (χ3n) is 4.69. The molecule has 1 aliphatic rings. The molecule has 0 aromatic heterocycles. The molecule has 3 aromatic rings. The minimum absolute atomic E-state index is 0.0721. The van der Waals surface area contributed by atoms with Crippen molar-refractivity contribution in [2.75, 3.05) is 0 Å². The molecule has 0 amide bonds. The smallest absolute Gasteiger partial charge is 0.0690 e. The number of rotatable bonds is 2. The van der Waals surface area contributed by atoms with E-state index < -0.39 is 0 Å². The van der Waals surface area contributed by atoms with Gasteiger partial charge in [-0.3, -0.25) is 0 Å². The highest BCUT2D eigenvalue weighted by atomic mass is 16.3. The van der Waals surface area contributed by atoms with Crippen LogP contribution in [0.4, 0.5) is 0 Å². The molecule has 0 spiro atoms. The van der Waals surface area contributed by atoms with Gasteiger partial charge in [-0.15, -0.1) is 0 Å². The fourth-order valence-corrected chi connectivity index (χ4v) is 3.69. The van der Waals surface area contributed by atoms with Gasteiger partial charge < -0.3 is 5.11 Å². The van der Waals surface area contributed by atoms with Crippen LogP contribution in [-0.4, -0.2) is 5.11 Å². The molecule has 1 heteroatoms. The molecule has 0 saturated heterocycles. The maximum absolute atomic E-state index is 9.99. The van der Waals surface area contributed by atoms with E-state index in [1.165, 1.54) is 27.6 Å². The zero-order chi connectivity index (χ0) is 15.1. The summed E-state index contributed by atoms with van der Waals surface area (Å²) < 4.78 is 0. The first-order valence-electron chi connectivity index (χ1n) is 7.68. The molecule has 0 bridgehead atoms. The van der Waals surface area contributed by atoms with Gasteiger partial charge >= 0.3 is 0 Å². The quantitative estimate of drug-likeness (QED) is 0.711. The van der Waals surface area contributed by atoms with Crippen molar-refractivity contribution in [1.82, 2.24) is 0 Å². The lowest BCUT2D eigenvalue weighted by molar-refractivity contribution is 0.282. The number of hydrogen-bond acceptors (Lipinski definition) is 1. The van der Waals surface area contributed by atoms with Gasteiger partial charge in [-0.25, -0.2) is 0 Å². The number of aliphatic hydroxyl groups excluding tert-OH is 1. The normalized spacial score (nSPS) is 16.6. The molecule has 0 saturated carbocycles. The van der Waals surface area contributed by atoms with Gasteiger partial charge in [0.2, 0.25) is 0 Å². The van der Waals surface area contributed by atoms with E-state index in [9.17, 15) is 5.11 Å². The van der Waals surface area contributed by atoms with Crippen LogP contribution in [0.2, 0.25) is 0 Å². The Bertz CT molecular complexity index is 889. The lowest BCUT2D eigenvalue weighted by atomic mass is 9.84. The molecular weight excluding hydrogens is 268 g/mol. The molecular formula is C21H18O. The van der Waals surface area contributed by atoms with Gasteiger partial charge in [0.15, 0.2) is 0 Å². The fraction of sp³-hybridized carbons (Fsp3) is 0.143. The highest BCUT2D eigenvalue weighted by Crippen LogP contribution is 2.43. The summed E-state index contributed by atoms with van der Waals surface area (Å²) in [6, 6.07) is 21.2. The van der Waals surface area contributed by atoms with Crippen molar-refractivity contribution in [3.8, 4) is 0 Å². The first-order chi connectivity index (χ1) is 10.8. The van der Waals surface area contributed by atoms with Crippen LogP contribution in [0.25, 0.3) is 16.8 Å². The lowest BCUT2D eigenvalue weighted by Gasteiger charge is -2.20. The fourth-order valence-electron chi connectivity index (χ4n) is 3.69. The number of benzene rings is 3. The van der Waals surface area contributed by atoms with Crippen molar-refractivity contribution in [1.29, 1.82) is 0 Å². The SMILES string of the molecule is CC1=Cc2ccccc2C1c1ccc2ccccc2c1CO. The summed E-state index contributed by atoms with van der Waals surface area (Å²) in [7, 11) is 0. The monoisotopic (exact) mass is 286 g/mol. The second kappa shape index (κ2) is 5.11. The molecule has 1 unspecified atom stereocenters. The first-order valence-corrected chi connectivity index (χ1v) is 7.68. The Morgan fingerprint density at radius 3 is 2.50 bits per heavy atom. The second-order valence-electron chi connectivity index (χ2n) is 5.96. The topological polar surface area (TPSA) is 20.2 Å². The van der Waals surface area contributed by atoms with Crippen LogP contribution in [0, 0.1) is 0 Å². The minimum atomic E-state index is 0.0721. The molecule has 1 nitrogen and oxygen atoms in total. The molecule has 1 atom stereocenters. The van der Waals surface area contributed by atoms with Crippen LogP contribution in [-0.2, 0) is 6.61 Å². The van der Waals surface area contributed by atoms with Crippen LogP contribution in [0.15, 0.2) is 66.2 Å². The van der Waals surface area contributed by atoms with Crippen molar-refractivity contribution >= 4 is 16.8 Å². The molecule has 3 aromatic carbocycles. The van der Waals surface area contributed by atoms with E-state index in [1.807, 2.05) is 12.1 Å². The molecule has 22 heavy (non-hydrogen) atoms. The molecule has 0 fully saturated rings. The Kier molecular flexibility index (Phi) is 3.09. The number of fused-ring (bicyclic) bond motifs is 2. The van der Waals surface area contributed by atoms with Gasteiger partial charge in [-0.1, -0.05) is 72.3 Å². The van der Waals surface area contributed by atoms with Gasteiger partial charge in [-0.2, -0.15) is 0 Å². The third kappa shape index (κ3) is 1.90. The van der Waals surface area contributed by atoms with Crippen LogP contribution < -0.4 is 0 Å². The van der Waals surface area contributed by atoms with Crippen molar-refractivity contribution in [3.63, 3.8) is 0 Å². The number of hydrogen-bond donors (Lipinski definition) is 1. The predicted molar refractivity (Wildman–Crippen MR) is 91.8 cm³/mol. The maximum atomic E-state index is 9.99. The molecule has 1 aliphatic carbocycles. The van der Waals surface area contributed by atoms with Gasteiger partial charge in [-0.05, 0) is 39.9 Å². The van der Waals surface area contributed by atoms with Crippen molar-refractivity contribution in [3.05, 3.63) is 88.5 Å². The zero-order valence-corrected chi connectivity index (χ0v) is 12.6. The zero-order valence-electron chi connectivity index (χ0n) is 12.6. The van der Waals surface area contributed by atoms with E-state index in [2.05, 4.69) is 61.5 Å². The lowest BCUT2D eigenvalue weighted by Crippen LogP contribution is -2.04. The van der Waals surface area contributed by atoms with Crippen molar-refractivity contribution in [2.24, 2.45) is 0 Å². The summed E-state index contributed by atoms with van der Waals surface area (Å²) in [5, 5.41) is 12.3. The molecule has 0 radical (unpaired) electrons. The standard InChI is InChI=1S/C21H18O/c1-14-12-16-7-3-5-9-18(16)21(14)19-11-10-15-6-2-4-8-17(15)20(19)13-22/h2-12,21-22H,13H2,1H3. The molecule has 0 aliphatic heterocycles. The minimum Gasteiger partial charge on any atom is -0.392 e. The average molecular weight is 286 g/mol. The van der Waals surface area contributed by atoms with E-state index in [0.717, 1.165) is 10.9 Å². The van der Waals surface area contributed by atoms with E-state index in [1.54, 1.807) is 0 Å². The summed E-state index contributed by atoms with van der Waals surface area (Å²) in [6.07, 6.45) is 2.26. The van der Waals surface area contributed by atoms with Gasteiger partial charge in [0.05, 0.1) is 6.61 Å². The highest BCUT2D eigenvalue weighted by molar-refractivity contribution is 5.87. The molecule has 1 N–H and O–H groups in total. The Balaban J connectivity index is 1.97. The summed E-state index contributed by atoms with van der Waals surface area (Å²) in [5.74, 6) is 0.253. The largest absolute Gasteiger partial charge is 0.392 e. The van der Waals surface area contributed by atoms with Crippen molar-refractivity contribution in [2.45, 2.75) is 19.4 Å². The Labute approximate surface area is 130 Å². The van der Waals surface area contributed by atoms with E-state index in [4.69, 9.17) is 0 Å². The predicted octanol–water partition coefficient (Wildman–Crippen LogP) is 4.88.